The molecule has 0 amide bonds. The van der Waals surface area contributed by atoms with Gasteiger partial charge in [-0.15, -0.1) is 0 Å². The van der Waals surface area contributed by atoms with Crippen molar-refractivity contribution < 1.29 is 14.3 Å². The van der Waals surface area contributed by atoms with E-state index in [9.17, 15) is 4.79 Å². The molecular formula is C24H24ClNO3. The molecule has 3 aromatic rings. The van der Waals surface area contributed by atoms with Crippen LogP contribution in [0.4, 0.5) is 0 Å². The second-order valence-electron chi connectivity index (χ2n) is 6.88. The monoisotopic (exact) mass is 409 g/mol. The maximum absolute atomic E-state index is 13.0. The SMILES string of the molecule is COC[C@H](N)C(=O)OC(c1ccccc1)(c1ccc(C)cc1)c1ccccc1Cl. The fourth-order valence-corrected chi connectivity index (χ4v) is 3.60. The molecule has 2 N–H and O–H groups in total. The highest BCUT2D eigenvalue weighted by molar-refractivity contribution is 6.31. The van der Waals surface area contributed by atoms with Crippen LogP contribution in [0.15, 0.2) is 78.9 Å². The number of halogens is 1. The van der Waals surface area contributed by atoms with E-state index >= 15 is 0 Å². The van der Waals surface area contributed by atoms with E-state index in [0.717, 1.165) is 16.7 Å². The van der Waals surface area contributed by atoms with E-state index in [1.807, 2.05) is 79.7 Å². The van der Waals surface area contributed by atoms with Gasteiger partial charge in [0.15, 0.2) is 5.60 Å². The second-order valence-corrected chi connectivity index (χ2v) is 7.28. The van der Waals surface area contributed by atoms with Gasteiger partial charge in [0.25, 0.3) is 0 Å². The largest absolute Gasteiger partial charge is 0.443 e. The van der Waals surface area contributed by atoms with E-state index in [1.54, 1.807) is 6.07 Å². The molecule has 5 heteroatoms. The van der Waals surface area contributed by atoms with Gasteiger partial charge in [0.05, 0.1) is 6.61 Å². The van der Waals surface area contributed by atoms with Crippen LogP contribution in [0.1, 0.15) is 22.3 Å². The summed E-state index contributed by atoms with van der Waals surface area (Å²) < 4.78 is 11.2. The van der Waals surface area contributed by atoms with Crippen molar-refractivity contribution >= 4 is 17.6 Å². The molecular weight excluding hydrogens is 386 g/mol. The summed E-state index contributed by atoms with van der Waals surface area (Å²) in [6.45, 7) is 2.06. The van der Waals surface area contributed by atoms with Crippen molar-refractivity contribution in [2.75, 3.05) is 13.7 Å². The summed E-state index contributed by atoms with van der Waals surface area (Å²) in [5.74, 6) is -0.573. The van der Waals surface area contributed by atoms with Gasteiger partial charge in [-0.2, -0.15) is 0 Å². The van der Waals surface area contributed by atoms with E-state index in [4.69, 9.17) is 26.8 Å². The molecule has 4 nitrogen and oxygen atoms in total. The number of carbonyl (C=O) groups excluding carboxylic acids is 1. The molecule has 0 fully saturated rings. The Hall–Kier alpha value is -2.66. The fourth-order valence-electron chi connectivity index (χ4n) is 3.33. The van der Waals surface area contributed by atoms with Crippen molar-refractivity contribution in [1.29, 1.82) is 0 Å². The number of esters is 1. The van der Waals surface area contributed by atoms with Crippen LogP contribution in [0, 0.1) is 6.92 Å². The predicted molar refractivity (Wildman–Crippen MR) is 115 cm³/mol. The Morgan fingerprint density at radius 2 is 1.55 bits per heavy atom. The maximum atomic E-state index is 13.0. The van der Waals surface area contributed by atoms with Crippen LogP contribution in [-0.4, -0.2) is 25.7 Å². The average Bonchev–Trinajstić information content (AvgIpc) is 2.74. The predicted octanol–water partition coefficient (Wildman–Crippen LogP) is 4.46. The molecule has 0 bridgehead atoms. The fraction of sp³-hybridized carbons (Fsp3) is 0.208. The van der Waals surface area contributed by atoms with Crippen molar-refractivity contribution in [2.24, 2.45) is 5.73 Å². The maximum Gasteiger partial charge on any atom is 0.326 e. The Labute approximate surface area is 176 Å². The molecule has 0 radical (unpaired) electrons. The highest BCUT2D eigenvalue weighted by Crippen LogP contribution is 2.43. The zero-order chi connectivity index (χ0) is 20.9. The number of hydrogen-bond donors (Lipinski definition) is 1. The minimum absolute atomic E-state index is 0.0557. The number of carbonyl (C=O) groups is 1. The van der Waals surface area contributed by atoms with Crippen molar-refractivity contribution in [3.8, 4) is 0 Å². The number of aryl methyl sites for hydroxylation is 1. The van der Waals surface area contributed by atoms with E-state index in [-0.39, 0.29) is 6.61 Å². The molecule has 0 heterocycles. The molecule has 0 aliphatic carbocycles. The van der Waals surface area contributed by atoms with Crippen LogP contribution in [0.25, 0.3) is 0 Å². The van der Waals surface area contributed by atoms with E-state index in [0.29, 0.717) is 10.6 Å². The van der Waals surface area contributed by atoms with Crippen LogP contribution < -0.4 is 5.73 Å². The third-order valence-electron chi connectivity index (χ3n) is 4.79. The number of methoxy groups -OCH3 is 1. The number of rotatable bonds is 7. The van der Waals surface area contributed by atoms with Gasteiger partial charge in [-0.1, -0.05) is 90.0 Å². The number of hydrogen-bond acceptors (Lipinski definition) is 4. The normalized spacial score (nSPS) is 14.1. The van der Waals surface area contributed by atoms with Crippen molar-refractivity contribution in [3.63, 3.8) is 0 Å². The average molecular weight is 410 g/mol. The summed E-state index contributed by atoms with van der Waals surface area (Å²) in [7, 11) is 1.49. The summed E-state index contributed by atoms with van der Waals surface area (Å²) >= 11 is 6.62. The number of benzene rings is 3. The van der Waals surface area contributed by atoms with Gasteiger partial charge < -0.3 is 15.2 Å². The summed E-state index contributed by atoms with van der Waals surface area (Å²) in [6, 6.07) is 23.8. The Bertz CT molecular complexity index is 959. The number of nitrogens with two attached hydrogens (primary N) is 1. The van der Waals surface area contributed by atoms with E-state index < -0.39 is 17.6 Å². The molecule has 1 unspecified atom stereocenters. The van der Waals surface area contributed by atoms with Crippen molar-refractivity contribution in [3.05, 3.63) is 106 Å². The van der Waals surface area contributed by atoms with Crippen molar-refractivity contribution in [2.45, 2.75) is 18.6 Å². The molecule has 29 heavy (non-hydrogen) atoms. The van der Waals surface area contributed by atoms with E-state index in [2.05, 4.69) is 0 Å². The van der Waals surface area contributed by atoms with Crippen LogP contribution >= 0.6 is 11.6 Å². The molecule has 0 saturated heterocycles. The third-order valence-corrected chi connectivity index (χ3v) is 5.12. The van der Waals surface area contributed by atoms with Gasteiger partial charge in [-0.05, 0) is 13.0 Å². The van der Waals surface area contributed by atoms with Crippen LogP contribution in [0.2, 0.25) is 5.02 Å². The van der Waals surface area contributed by atoms with Gasteiger partial charge >= 0.3 is 5.97 Å². The first kappa shape index (κ1) is 21.1. The molecule has 0 aliphatic rings. The van der Waals surface area contributed by atoms with Gasteiger partial charge in [0.1, 0.15) is 6.04 Å². The van der Waals surface area contributed by atoms with Crippen LogP contribution in [-0.2, 0) is 19.9 Å². The Morgan fingerprint density at radius 1 is 0.966 bits per heavy atom. The van der Waals surface area contributed by atoms with Gasteiger partial charge in [-0.25, -0.2) is 0 Å². The number of ether oxygens (including phenoxy) is 2. The van der Waals surface area contributed by atoms with Crippen molar-refractivity contribution in [1.82, 2.24) is 0 Å². The lowest BCUT2D eigenvalue weighted by molar-refractivity contribution is -0.156. The summed E-state index contributed by atoms with van der Waals surface area (Å²) in [4.78, 5) is 13.0. The summed E-state index contributed by atoms with van der Waals surface area (Å²) in [5, 5.41) is 0.491. The van der Waals surface area contributed by atoms with E-state index in [1.165, 1.54) is 7.11 Å². The molecule has 3 rings (SSSR count). The van der Waals surface area contributed by atoms with Gasteiger partial charge in [0, 0.05) is 28.8 Å². The lowest BCUT2D eigenvalue weighted by Crippen LogP contribution is -2.43. The molecule has 0 aromatic heterocycles. The summed E-state index contributed by atoms with van der Waals surface area (Å²) in [6.07, 6.45) is 0. The minimum atomic E-state index is -1.25. The highest BCUT2D eigenvalue weighted by atomic mass is 35.5. The van der Waals surface area contributed by atoms with Crippen LogP contribution in [0.5, 0.6) is 0 Å². The van der Waals surface area contributed by atoms with Gasteiger partial charge in [0.2, 0.25) is 0 Å². The zero-order valence-corrected chi connectivity index (χ0v) is 17.2. The first-order valence-electron chi connectivity index (χ1n) is 9.34. The zero-order valence-electron chi connectivity index (χ0n) is 16.5. The molecule has 0 aliphatic heterocycles. The molecule has 150 valence electrons. The quantitative estimate of drug-likeness (QED) is 0.462. The topological polar surface area (TPSA) is 61.5 Å². The first-order valence-corrected chi connectivity index (χ1v) is 9.72. The van der Waals surface area contributed by atoms with Gasteiger partial charge in [-0.3, -0.25) is 4.79 Å². The molecule has 2 atom stereocenters. The second kappa shape index (κ2) is 9.23. The molecule has 0 spiro atoms. The molecule has 0 saturated carbocycles. The Balaban J connectivity index is 2.28. The lowest BCUT2D eigenvalue weighted by Gasteiger charge is -2.36. The first-order chi connectivity index (χ1) is 14.0. The third kappa shape index (κ3) is 4.35. The summed E-state index contributed by atoms with van der Waals surface area (Å²) in [5.41, 5.74) is 8.05. The highest BCUT2D eigenvalue weighted by Gasteiger charge is 2.42. The standard InChI is InChI=1S/C24H24ClNO3/c1-17-12-14-19(15-13-17)24(18-8-4-3-5-9-18,20-10-6-7-11-21(20)25)29-23(27)22(26)16-28-2/h3-15,22H,16,26H2,1-2H3/t22-,24?/m0/s1. The van der Waals surface area contributed by atoms with Crippen LogP contribution in [0.3, 0.4) is 0 Å². The minimum Gasteiger partial charge on any atom is -0.443 e. The smallest absolute Gasteiger partial charge is 0.326 e. The molecule has 3 aromatic carbocycles. The lowest BCUT2D eigenvalue weighted by atomic mass is 9.79. The Kier molecular flexibility index (Phi) is 6.70. The Morgan fingerprint density at radius 3 is 2.17 bits per heavy atom.